The fraction of sp³-hybridized carbons (Fsp3) is 0.600. The maximum atomic E-state index is 13.0. The standard InChI is InChI=1S/C20H28N4O3S/c1-5-23(6-2)15(25)12-22(4)20(27)17-13(3)16-18(28-17)21-14-10-8-7-9-11-24(14)19(16)26/h5-12H2,1-4H3. The van der Waals surface area contributed by atoms with Crippen molar-refractivity contribution in [3.63, 3.8) is 0 Å². The van der Waals surface area contributed by atoms with E-state index in [9.17, 15) is 14.4 Å². The minimum Gasteiger partial charge on any atom is -0.342 e. The predicted octanol–water partition coefficient (Wildman–Crippen LogP) is 2.43. The molecule has 0 saturated heterocycles. The first-order chi connectivity index (χ1) is 13.4. The predicted molar refractivity (Wildman–Crippen MR) is 111 cm³/mol. The van der Waals surface area contributed by atoms with Crippen molar-refractivity contribution in [2.75, 3.05) is 26.7 Å². The lowest BCUT2D eigenvalue weighted by molar-refractivity contribution is -0.131. The molecule has 2 amide bonds. The Kier molecular flexibility index (Phi) is 6.17. The number of hydrogen-bond acceptors (Lipinski definition) is 5. The lowest BCUT2D eigenvalue weighted by Gasteiger charge is -2.23. The number of nitrogens with zero attached hydrogens (tertiary/aromatic N) is 4. The van der Waals surface area contributed by atoms with Crippen molar-refractivity contribution in [2.45, 2.75) is 53.0 Å². The van der Waals surface area contributed by atoms with Gasteiger partial charge in [-0.1, -0.05) is 6.42 Å². The third kappa shape index (κ3) is 3.70. The van der Waals surface area contributed by atoms with Crippen molar-refractivity contribution in [1.29, 1.82) is 0 Å². The second kappa shape index (κ2) is 8.43. The molecule has 0 radical (unpaired) electrons. The second-order valence-electron chi connectivity index (χ2n) is 7.26. The van der Waals surface area contributed by atoms with Crippen LogP contribution in [-0.2, 0) is 17.8 Å². The monoisotopic (exact) mass is 404 g/mol. The van der Waals surface area contributed by atoms with E-state index in [-0.39, 0.29) is 23.9 Å². The lowest BCUT2D eigenvalue weighted by atomic mass is 10.2. The Labute approximate surface area is 169 Å². The zero-order valence-electron chi connectivity index (χ0n) is 17.1. The molecule has 1 aliphatic rings. The van der Waals surface area contributed by atoms with Crippen LogP contribution in [0.4, 0.5) is 0 Å². The smallest absolute Gasteiger partial charge is 0.264 e. The van der Waals surface area contributed by atoms with Gasteiger partial charge in [-0.2, -0.15) is 0 Å². The van der Waals surface area contributed by atoms with Crippen molar-refractivity contribution in [1.82, 2.24) is 19.4 Å². The molecule has 0 bridgehead atoms. The Balaban J connectivity index is 1.94. The number of amides is 2. The van der Waals surface area contributed by atoms with E-state index in [1.165, 1.54) is 16.2 Å². The Morgan fingerprint density at radius 1 is 1.18 bits per heavy atom. The van der Waals surface area contributed by atoms with Gasteiger partial charge in [0.25, 0.3) is 11.5 Å². The van der Waals surface area contributed by atoms with Crippen LogP contribution >= 0.6 is 11.3 Å². The van der Waals surface area contributed by atoms with Gasteiger partial charge < -0.3 is 9.80 Å². The molecule has 0 aromatic carbocycles. The summed E-state index contributed by atoms with van der Waals surface area (Å²) in [6.07, 6.45) is 3.91. The lowest BCUT2D eigenvalue weighted by Crippen LogP contribution is -2.41. The van der Waals surface area contributed by atoms with Crippen LogP contribution in [0.3, 0.4) is 0 Å². The molecule has 28 heavy (non-hydrogen) atoms. The normalized spacial score (nSPS) is 13.9. The van der Waals surface area contributed by atoms with Crippen LogP contribution in [-0.4, -0.2) is 57.8 Å². The molecule has 0 atom stereocenters. The van der Waals surface area contributed by atoms with Gasteiger partial charge in [-0.05, 0) is 39.2 Å². The quantitative estimate of drug-likeness (QED) is 0.767. The van der Waals surface area contributed by atoms with E-state index in [1.807, 2.05) is 13.8 Å². The van der Waals surface area contributed by atoms with E-state index in [0.29, 0.717) is 40.3 Å². The van der Waals surface area contributed by atoms with Crippen molar-refractivity contribution in [3.05, 3.63) is 26.6 Å². The minimum absolute atomic E-state index is 0.0249. The van der Waals surface area contributed by atoms with E-state index >= 15 is 0 Å². The Bertz CT molecular complexity index is 958. The number of carbonyl (C=O) groups excluding carboxylic acids is 2. The maximum Gasteiger partial charge on any atom is 0.264 e. The van der Waals surface area contributed by atoms with Crippen LogP contribution in [0.5, 0.6) is 0 Å². The Morgan fingerprint density at radius 3 is 2.57 bits per heavy atom. The molecule has 2 aromatic heterocycles. The number of hydrogen-bond donors (Lipinski definition) is 0. The molecule has 0 fully saturated rings. The van der Waals surface area contributed by atoms with Crippen molar-refractivity contribution >= 4 is 33.4 Å². The third-order valence-electron chi connectivity index (χ3n) is 5.44. The van der Waals surface area contributed by atoms with Gasteiger partial charge in [-0.3, -0.25) is 19.0 Å². The van der Waals surface area contributed by atoms with Gasteiger partial charge in [0.2, 0.25) is 5.91 Å². The number of carbonyl (C=O) groups is 2. The average molecular weight is 405 g/mol. The zero-order valence-corrected chi connectivity index (χ0v) is 17.9. The summed E-state index contributed by atoms with van der Waals surface area (Å²) < 4.78 is 1.77. The summed E-state index contributed by atoms with van der Waals surface area (Å²) in [5.74, 6) is 0.505. The van der Waals surface area contributed by atoms with E-state index < -0.39 is 0 Å². The second-order valence-corrected chi connectivity index (χ2v) is 8.26. The molecule has 0 N–H and O–H groups in total. The maximum absolute atomic E-state index is 13.0. The molecule has 0 saturated carbocycles. The summed E-state index contributed by atoms with van der Waals surface area (Å²) in [7, 11) is 1.63. The number of aryl methyl sites for hydroxylation is 2. The van der Waals surface area contributed by atoms with Crippen LogP contribution in [0, 0.1) is 6.92 Å². The van der Waals surface area contributed by atoms with E-state index in [2.05, 4.69) is 0 Å². The highest BCUT2D eigenvalue weighted by Gasteiger charge is 2.25. The summed E-state index contributed by atoms with van der Waals surface area (Å²) >= 11 is 1.26. The van der Waals surface area contributed by atoms with E-state index in [4.69, 9.17) is 4.98 Å². The molecule has 1 aliphatic heterocycles. The number of rotatable bonds is 5. The molecular formula is C20H28N4O3S. The summed E-state index contributed by atoms with van der Waals surface area (Å²) in [4.78, 5) is 47.3. The van der Waals surface area contributed by atoms with Gasteiger partial charge >= 0.3 is 0 Å². The first-order valence-electron chi connectivity index (χ1n) is 9.95. The molecule has 2 aromatic rings. The van der Waals surface area contributed by atoms with Crippen LogP contribution in [0.15, 0.2) is 4.79 Å². The summed E-state index contributed by atoms with van der Waals surface area (Å²) in [6, 6.07) is 0. The first-order valence-corrected chi connectivity index (χ1v) is 10.8. The number of thiophene rings is 1. The Hall–Kier alpha value is -2.22. The molecule has 152 valence electrons. The van der Waals surface area contributed by atoms with Gasteiger partial charge in [-0.25, -0.2) is 4.98 Å². The van der Waals surface area contributed by atoms with Crippen LogP contribution in [0.25, 0.3) is 10.2 Å². The van der Waals surface area contributed by atoms with Crippen LogP contribution in [0.1, 0.15) is 54.2 Å². The average Bonchev–Trinajstić information content (AvgIpc) is 2.84. The molecule has 8 heteroatoms. The first kappa shape index (κ1) is 20.5. The topological polar surface area (TPSA) is 75.5 Å². The van der Waals surface area contributed by atoms with Crippen LogP contribution in [0.2, 0.25) is 0 Å². The summed E-state index contributed by atoms with van der Waals surface area (Å²) in [5.41, 5.74) is 0.626. The highest BCUT2D eigenvalue weighted by atomic mass is 32.1. The van der Waals surface area contributed by atoms with Gasteiger partial charge in [0.05, 0.1) is 16.8 Å². The molecular weight excluding hydrogens is 376 g/mol. The molecule has 0 aliphatic carbocycles. The number of likely N-dealkylation sites (N-methyl/N-ethyl adjacent to an activating group) is 2. The van der Waals surface area contributed by atoms with Crippen molar-refractivity contribution in [3.8, 4) is 0 Å². The Morgan fingerprint density at radius 2 is 1.89 bits per heavy atom. The van der Waals surface area contributed by atoms with Gasteiger partial charge in [0.1, 0.15) is 10.7 Å². The molecule has 3 rings (SSSR count). The summed E-state index contributed by atoms with van der Waals surface area (Å²) in [6.45, 7) is 7.59. The molecule has 7 nitrogen and oxygen atoms in total. The fourth-order valence-electron chi connectivity index (χ4n) is 3.74. The fourth-order valence-corrected chi connectivity index (χ4v) is 4.92. The van der Waals surface area contributed by atoms with E-state index in [1.54, 1.807) is 23.4 Å². The van der Waals surface area contributed by atoms with Gasteiger partial charge in [-0.15, -0.1) is 11.3 Å². The largest absolute Gasteiger partial charge is 0.342 e. The molecule has 0 unspecified atom stereocenters. The number of fused-ring (bicyclic) bond motifs is 2. The molecule has 0 spiro atoms. The van der Waals surface area contributed by atoms with Crippen molar-refractivity contribution in [2.24, 2.45) is 0 Å². The van der Waals surface area contributed by atoms with Crippen molar-refractivity contribution < 1.29 is 9.59 Å². The van der Waals surface area contributed by atoms with E-state index in [0.717, 1.165) is 31.5 Å². The summed E-state index contributed by atoms with van der Waals surface area (Å²) in [5, 5.41) is 0.544. The van der Waals surface area contributed by atoms with Crippen LogP contribution < -0.4 is 5.56 Å². The van der Waals surface area contributed by atoms with Gasteiger partial charge in [0, 0.05) is 33.1 Å². The number of aromatic nitrogens is 2. The zero-order chi connectivity index (χ0) is 20.4. The highest BCUT2D eigenvalue weighted by Crippen LogP contribution is 2.29. The van der Waals surface area contributed by atoms with Gasteiger partial charge in [0.15, 0.2) is 0 Å². The molecule has 3 heterocycles. The third-order valence-corrected chi connectivity index (χ3v) is 6.61. The highest BCUT2D eigenvalue weighted by molar-refractivity contribution is 7.20. The minimum atomic E-state index is -0.236. The SMILES string of the molecule is CCN(CC)C(=O)CN(C)C(=O)c1sc2nc3n(c(=O)c2c1C)CCCCC3.